The maximum Gasteiger partial charge on any atom is 0.337 e. The number of rotatable bonds is 5. The summed E-state index contributed by atoms with van der Waals surface area (Å²) in [5.74, 6) is 0.115. The Hall–Kier alpha value is -1.31. The van der Waals surface area contributed by atoms with Gasteiger partial charge in [0, 0.05) is 0 Å². The highest BCUT2D eigenvalue weighted by atomic mass is 32.2. The van der Waals surface area contributed by atoms with Gasteiger partial charge in [0.25, 0.3) is 0 Å². The van der Waals surface area contributed by atoms with Crippen LogP contribution >= 0.6 is 0 Å². The number of hydrogen-bond acceptors (Lipinski definition) is 5. The first-order valence-corrected chi connectivity index (χ1v) is 7.73. The second kappa shape index (κ2) is 5.55. The summed E-state index contributed by atoms with van der Waals surface area (Å²) in [5.41, 5.74) is 0. The molecule has 2 rings (SSSR count). The fourth-order valence-corrected chi connectivity index (χ4v) is 3.56. The van der Waals surface area contributed by atoms with E-state index in [1.54, 1.807) is 0 Å². The summed E-state index contributed by atoms with van der Waals surface area (Å²) in [5, 5.41) is 5.93. The summed E-state index contributed by atoms with van der Waals surface area (Å²) in [6.45, 7) is 2.24. The van der Waals surface area contributed by atoms with Crippen LogP contribution in [0.15, 0.2) is 0 Å². The summed E-state index contributed by atoms with van der Waals surface area (Å²) < 4.78 is 31.7. The van der Waals surface area contributed by atoms with Gasteiger partial charge in [0.1, 0.15) is 0 Å². The van der Waals surface area contributed by atoms with Gasteiger partial charge >= 0.3 is 6.01 Å². The van der Waals surface area contributed by atoms with E-state index in [4.69, 9.17) is 4.74 Å². The van der Waals surface area contributed by atoms with Crippen LogP contribution in [-0.2, 0) is 10.0 Å². The van der Waals surface area contributed by atoms with Crippen molar-refractivity contribution in [2.45, 2.75) is 44.3 Å². The van der Waals surface area contributed by atoms with E-state index in [-0.39, 0.29) is 17.2 Å². The van der Waals surface area contributed by atoms with Gasteiger partial charge in [0.2, 0.25) is 16.0 Å². The number of ether oxygens (including phenoxy) is 1. The molecule has 1 aliphatic rings. The molecule has 0 atom stereocenters. The standard InChI is InChI=1S/C10H18N4O3S/c1-2-17-10-11-9(12-13-10)14-18(15,16)8-6-4-3-5-7-8/h8H,2-7H2,1H3,(H2,11,12,13,14). The number of anilines is 1. The third-order valence-electron chi connectivity index (χ3n) is 2.97. The molecule has 0 aliphatic heterocycles. The van der Waals surface area contributed by atoms with Gasteiger partial charge in [-0.05, 0) is 19.8 Å². The van der Waals surface area contributed by atoms with Crippen LogP contribution in [0.25, 0.3) is 0 Å². The molecule has 1 heterocycles. The molecule has 0 bridgehead atoms. The van der Waals surface area contributed by atoms with E-state index in [2.05, 4.69) is 19.9 Å². The lowest BCUT2D eigenvalue weighted by Crippen LogP contribution is -2.30. The molecular formula is C10H18N4O3S. The van der Waals surface area contributed by atoms with E-state index in [9.17, 15) is 8.42 Å². The number of nitrogens with one attached hydrogen (secondary N) is 2. The highest BCUT2D eigenvalue weighted by Crippen LogP contribution is 2.24. The molecule has 1 fully saturated rings. The van der Waals surface area contributed by atoms with Gasteiger partial charge in [-0.15, -0.1) is 5.10 Å². The lowest BCUT2D eigenvalue weighted by atomic mass is 10.0. The van der Waals surface area contributed by atoms with Gasteiger partial charge in [-0.2, -0.15) is 4.98 Å². The summed E-state index contributed by atoms with van der Waals surface area (Å²) in [7, 11) is -3.38. The predicted octanol–water partition coefficient (Wildman–Crippen LogP) is 1.28. The number of H-pyrrole nitrogens is 1. The number of hydrogen-bond donors (Lipinski definition) is 2. The number of nitrogens with zero attached hydrogens (tertiary/aromatic N) is 2. The van der Waals surface area contributed by atoms with Crippen molar-refractivity contribution in [2.75, 3.05) is 11.3 Å². The predicted molar refractivity (Wildman–Crippen MR) is 67.0 cm³/mol. The van der Waals surface area contributed by atoms with Crippen LogP contribution in [0, 0.1) is 0 Å². The highest BCUT2D eigenvalue weighted by molar-refractivity contribution is 7.93. The van der Waals surface area contributed by atoms with Gasteiger partial charge in [-0.1, -0.05) is 19.3 Å². The van der Waals surface area contributed by atoms with E-state index >= 15 is 0 Å². The maximum atomic E-state index is 12.1. The molecule has 18 heavy (non-hydrogen) atoms. The summed E-state index contributed by atoms with van der Waals surface area (Å²) in [4.78, 5) is 3.90. The third kappa shape index (κ3) is 3.12. The van der Waals surface area contributed by atoms with Crippen LogP contribution < -0.4 is 9.46 Å². The summed E-state index contributed by atoms with van der Waals surface area (Å²) in [6, 6.07) is 0.152. The first-order chi connectivity index (χ1) is 8.62. The minimum Gasteiger partial charge on any atom is -0.463 e. The summed E-state index contributed by atoms with van der Waals surface area (Å²) >= 11 is 0. The van der Waals surface area contributed by atoms with Crippen molar-refractivity contribution < 1.29 is 13.2 Å². The van der Waals surface area contributed by atoms with Crippen LogP contribution in [0.1, 0.15) is 39.0 Å². The highest BCUT2D eigenvalue weighted by Gasteiger charge is 2.28. The average Bonchev–Trinajstić information content (AvgIpc) is 2.77. The minimum atomic E-state index is -3.38. The molecule has 0 unspecified atom stereocenters. The molecular weight excluding hydrogens is 256 g/mol. The quantitative estimate of drug-likeness (QED) is 0.843. The van der Waals surface area contributed by atoms with E-state index in [0.29, 0.717) is 19.4 Å². The third-order valence-corrected chi connectivity index (χ3v) is 4.80. The van der Waals surface area contributed by atoms with Crippen molar-refractivity contribution in [2.24, 2.45) is 0 Å². The molecule has 7 nitrogen and oxygen atoms in total. The van der Waals surface area contributed by atoms with Crippen molar-refractivity contribution >= 4 is 16.0 Å². The van der Waals surface area contributed by atoms with Gasteiger partial charge in [0.05, 0.1) is 11.9 Å². The fourth-order valence-electron chi connectivity index (χ4n) is 2.08. The topological polar surface area (TPSA) is 97.0 Å². The zero-order chi connectivity index (χ0) is 13.0. The average molecular weight is 274 g/mol. The zero-order valence-corrected chi connectivity index (χ0v) is 11.2. The molecule has 2 N–H and O–H groups in total. The molecule has 102 valence electrons. The molecule has 8 heteroatoms. The van der Waals surface area contributed by atoms with Crippen LogP contribution in [0.5, 0.6) is 6.01 Å². The largest absolute Gasteiger partial charge is 0.463 e. The maximum absolute atomic E-state index is 12.1. The molecule has 1 aromatic heterocycles. The van der Waals surface area contributed by atoms with E-state index < -0.39 is 10.0 Å². The van der Waals surface area contributed by atoms with E-state index in [0.717, 1.165) is 19.3 Å². The lowest BCUT2D eigenvalue weighted by molar-refractivity contribution is 0.314. The smallest absolute Gasteiger partial charge is 0.337 e. The Morgan fingerprint density at radius 3 is 2.78 bits per heavy atom. The fraction of sp³-hybridized carbons (Fsp3) is 0.800. The van der Waals surface area contributed by atoms with Crippen molar-refractivity contribution in [3.8, 4) is 6.01 Å². The molecule has 0 spiro atoms. The Balaban J connectivity index is 2.01. The molecule has 0 radical (unpaired) electrons. The first kappa shape index (κ1) is 13.1. The second-order valence-electron chi connectivity index (χ2n) is 4.31. The van der Waals surface area contributed by atoms with Crippen LogP contribution in [0.3, 0.4) is 0 Å². The number of aromatic amines is 1. The van der Waals surface area contributed by atoms with Crippen molar-refractivity contribution in [3.05, 3.63) is 0 Å². The Morgan fingerprint density at radius 1 is 1.39 bits per heavy atom. The Morgan fingerprint density at radius 2 is 2.11 bits per heavy atom. The van der Waals surface area contributed by atoms with Gasteiger partial charge in [0.15, 0.2) is 0 Å². The van der Waals surface area contributed by atoms with Crippen LogP contribution in [0.4, 0.5) is 5.95 Å². The normalized spacial score (nSPS) is 17.6. The molecule has 1 aromatic rings. The molecule has 1 saturated carbocycles. The minimum absolute atomic E-state index is 0.115. The monoisotopic (exact) mass is 274 g/mol. The SMILES string of the molecule is CCOc1n[nH]c(NS(=O)(=O)C2CCCCC2)n1. The van der Waals surface area contributed by atoms with Crippen LogP contribution in [0.2, 0.25) is 0 Å². The Kier molecular flexibility index (Phi) is 4.05. The first-order valence-electron chi connectivity index (χ1n) is 6.18. The molecule has 0 amide bonds. The van der Waals surface area contributed by atoms with Crippen molar-refractivity contribution in [3.63, 3.8) is 0 Å². The Labute approximate surface area is 106 Å². The van der Waals surface area contributed by atoms with Crippen LogP contribution in [-0.4, -0.2) is 35.5 Å². The van der Waals surface area contributed by atoms with Crippen molar-refractivity contribution in [1.82, 2.24) is 15.2 Å². The molecule has 0 saturated heterocycles. The van der Waals surface area contributed by atoms with E-state index in [1.807, 2.05) is 6.92 Å². The molecule has 1 aliphatic carbocycles. The Bertz CT molecular complexity index is 479. The number of sulfonamides is 1. The summed E-state index contributed by atoms with van der Waals surface area (Å²) in [6.07, 6.45) is 4.46. The van der Waals surface area contributed by atoms with Gasteiger partial charge in [-0.3, -0.25) is 4.72 Å². The zero-order valence-electron chi connectivity index (χ0n) is 10.3. The second-order valence-corrected chi connectivity index (χ2v) is 6.27. The molecule has 0 aromatic carbocycles. The van der Waals surface area contributed by atoms with Gasteiger partial charge < -0.3 is 4.74 Å². The van der Waals surface area contributed by atoms with Crippen molar-refractivity contribution in [1.29, 1.82) is 0 Å². The lowest BCUT2D eigenvalue weighted by Gasteiger charge is -2.21. The van der Waals surface area contributed by atoms with E-state index in [1.165, 1.54) is 0 Å². The number of aromatic nitrogens is 3. The van der Waals surface area contributed by atoms with Gasteiger partial charge in [-0.25, -0.2) is 13.5 Å².